The summed E-state index contributed by atoms with van der Waals surface area (Å²) in [5.41, 5.74) is 4.76. The Morgan fingerprint density at radius 2 is 1.91 bits per heavy atom. The lowest BCUT2D eigenvalue weighted by molar-refractivity contribution is 0.0977. The summed E-state index contributed by atoms with van der Waals surface area (Å²) in [5, 5.41) is 5.94. The third-order valence-electron chi connectivity index (χ3n) is 5.08. The molecule has 1 aromatic heterocycles. The average Bonchev–Trinajstić information content (AvgIpc) is 3.23. The topological polar surface area (TPSA) is 76.4 Å². The maximum Gasteiger partial charge on any atom is 0.257 e. The van der Waals surface area contributed by atoms with Gasteiger partial charge in [-0.15, -0.1) is 0 Å². The number of hydrogen-bond donors (Lipinski definition) is 2. The van der Waals surface area contributed by atoms with Gasteiger partial charge in [-0.05, 0) is 79.2 Å². The second kappa shape index (κ2) is 9.83. The van der Waals surface area contributed by atoms with Gasteiger partial charge in [-0.25, -0.2) is 4.98 Å². The minimum Gasteiger partial charge on any atom is -0.494 e. The Kier molecular flexibility index (Phi) is 6.70. The van der Waals surface area contributed by atoms with Crippen LogP contribution in [0.15, 0.2) is 71.1 Å². The number of nitrogens with one attached hydrogen (secondary N) is 2. The third-order valence-corrected chi connectivity index (χ3v) is 5.28. The lowest BCUT2D eigenvalue weighted by Gasteiger charge is -2.11. The van der Waals surface area contributed by atoms with Crippen molar-refractivity contribution in [3.63, 3.8) is 0 Å². The molecule has 1 heterocycles. The number of hydrogen-bond acceptors (Lipinski definition) is 5. The van der Waals surface area contributed by atoms with Crippen molar-refractivity contribution >= 4 is 40.0 Å². The van der Waals surface area contributed by atoms with Gasteiger partial charge >= 0.3 is 0 Å². The maximum atomic E-state index is 12.5. The summed E-state index contributed by atoms with van der Waals surface area (Å²) in [6.45, 7) is 6.72. The zero-order chi connectivity index (χ0) is 23.4. The van der Waals surface area contributed by atoms with Crippen LogP contribution in [0.4, 0.5) is 5.69 Å². The van der Waals surface area contributed by atoms with Crippen LogP contribution < -0.4 is 15.4 Å². The van der Waals surface area contributed by atoms with E-state index < -0.39 is 0 Å². The van der Waals surface area contributed by atoms with E-state index >= 15 is 0 Å². The molecule has 0 saturated heterocycles. The summed E-state index contributed by atoms with van der Waals surface area (Å²) in [6, 6.07) is 20.6. The van der Waals surface area contributed by atoms with E-state index in [9.17, 15) is 4.79 Å². The molecule has 7 heteroatoms. The van der Waals surface area contributed by atoms with Crippen LogP contribution in [-0.4, -0.2) is 22.6 Å². The number of rotatable bonds is 6. The van der Waals surface area contributed by atoms with Crippen molar-refractivity contribution in [2.75, 3.05) is 11.9 Å². The highest BCUT2D eigenvalue weighted by atomic mass is 32.1. The van der Waals surface area contributed by atoms with Crippen molar-refractivity contribution in [1.82, 2.24) is 10.3 Å². The largest absolute Gasteiger partial charge is 0.494 e. The fourth-order valence-corrected chi connectivity index (χ4v) is 3.60. The first-order valence-electron chi connectivity index (χ1n) is 10.8. The van der Waals surface area contributed by atoms with E-state index in [1.54, 1.807) is 24.3 Å². The van der Waals surface area contributed by atoms with Crippen molar-refractivity contribution in [2.45, 2.75) is 26.7 Å². The molecule has 4 rings (SSSR count). The zero-order valence-corrected chi connectivity index (χ0v) is 19.5. The van der Waals surface area contributed by atoms with E-state index in [0.717, 1.165) is 16.7 Å². The molecule has 0 bridgehead atoms. The van der Waals surface area contributed by atoms with Crippen LogP contribution in [0, 0.1) is 0 Å². The number of oxazole rings is 1. The quantitative estimate of drug-likeness (QED) is 0.337. The van der Waals surface area contributed by atoms with Crippen LogP contribution in [0.3, 0.4) is 0 Å². The van der Waals surface area contributed by atoms with Gasteiger partial charge in [-0.2, -0.15) is 0 Å². The molecule has 0 radical (unpaired) electrons. The number of benzene rings is 3. The number of anilines is 1. The smallest absolute Gasteiger partial charge is 0.257 e. The van der Waals surface area contributed by atoms with Crippen molar-refractivity contribution in [3.05, 3.63) is 77.9 Å². The number of carbonyl (C=O) groups excluding carboxylic acids is 1. The van der Waals surface area contributed by atoms with Gasteiger partial charge < -0.3 is 14.5 Å². The molecule has 4 aromatic rings. The van der Waals surface area contributed by atoms with Gasteiger partial charge in [0.2, 0.25) is 5.89 Å². The first kappa shape index (κ1) is 22.5. The first-order valence-corrected chi connectivity index (χ1v) is 11.2. The lowest BCUT2D eigenvalue weighted by Crippen LogP contribution is -2.34. The Balaban J connectivity index is 1.47. The summed E-state index contributed by atoms with van der Waals surface area (Å²) in [6.07, 6.45) is 0. The second-order valence-electron chi connectivity index (χ2n) is 7.85. The monoisotopic (exact) mass is 459 g/mol. The summed E-state index contributed by atoms with van der Waals surface area (Å²) in [7, 11) is 0. The van der Waals surface area contributed by atoms with Crippen LogP contribution >= 0.6 is 12.2 Å². The first-order chi connectivity index (χ1) is 15.9. The number of ether oxygens (including phenoxy) is 1. The highest BCUT2D eigenvalue weighted by Gasteiger charge is 2.12. The van der Waals surface area contributed by atoms with Crippen LogP contribution in [0.2, 0.25) is 0 Å². The molecule has 2 N–H and O–H groups in total. The summed E-state index contributed by atoms with van der Waals surface area (Å²) >= 11 is 5.33. The number of nitrogens with zero attached hydrogens (tertiary/aromatic N) is 1. The third kappa shape index (κ3) is 5.38. The van der Waals surface area contributed by atoms with Gasteiger partial charge in [-0.3, -0.25) is 10.1 Å². The van der Waals surface area contributed by atoms with E-state index in [2.05, 4.69) is 41.6 Å². The average molecular weight is 460 g/mol. The summed E-state index contributed by atoms with van der Waals surface area (Å²) < 4.78 is 11.4. The van der Waals surface area contributed by atoms with Crippen molar-refractivity contribution in [3.8, 4) is 17.2 Å². The molecule has 1 amide bonds. The highest BCUT2D eigenvalue weighted by molar-refractivity contribution is 7.80. The molecule has 0 atom stereocenters. The molecule has 0 aliphatic rings. The van der Waals surface area contributed by atoms with E-state index in [1.165, 1.54) is 5.56 Å². The standard InChI is InChI=1S/C26H25N3O3S/c1-4-31-21-10-6-7-18(14-21)24(30)29-26(33)27-20-9-5-8-19(13-20)25-28-22-15-17(16(2)3)11-12-23(22)32-25/h5-16H,4H2,1-3H3,(H2,27,29,30,33). The Hall–Kier alpha value is -3.71. The van der Waals surface area contributed by atoms with Crippen LogP contribution in [0.5, 0.6) is 5.75 Å². The minimum atomic E-state index is -0.315. The van der Waals surface area contributed by atoms with Gasteiger partial charge in [0.15, 0.2) is 10.7 Å². The number of thiocarbonyl (C=S) groups is 1. The molecule has 33 heavy (non-hydrogen) atoms. The Bertz CT molecular complexity index is 1310. The molecular weight excluding hydrogens is 434 g/mol. The van der Waals surface area contributed by atoms with E-state index in [1.807, 2.05) is 37.3 Å². The van der Waals surface area contributed by atoms with Crippen LogP contribution in [-0.2, 0) is 0 Å². The number of aromatic nitrogens is 1. The van der Waals surface area contributed by atoms with E-state index in [4.69, 9.17) is 21.4 Å². The molecule has 0 aliphatic heterocycles. The molecule has 0 aliphatic carbocycles. The van der Waals surface area contributed by atoms with Crippen molar-refractivity contribution in [1.29, 1.82) is 0 Å². The second-order valence-corrected chi connectivity index (χ2v) is 8.26. The van der Waals surface area contributed by atoms with Gasteiger partial charge in [0, 0.05) is 16.8 Å². The Labute approximate surface area is 198 Å². The van der Waals surface area contributed by atoms with Gasteiger partial charge in [0.1, 0.15) is 11.3 Å². The van der Waals surface area contributed by atoms with Crippen LogP contribution in [0.1, 0.15) is 42.6 Å². The molecule has 3 aromatic carbocycles. The minimum absolute atomic E-state index is 0.193. The van der Waals surface area contributed by atoms with Crippen molar-refractivity contribution in [2.24, 2.45) is 0 Å². The molecule has 0 unspecified atom stereocenters. The van der Waals surface area contributed by atoms with E-state index in [-0.39, 0.29) is 11.0 Å². The summed E-state index contributed by atoms with van der Waals surface area (Å²) in [5.74, 6) is 1.26. The molecular formula is C26H25N3O3S. The normalized spacial score (nSPS) is 10.9. The summed E-state index contributed by atoms with van der Waals surface area (Å²) in [4.78, 5) is 17.2. The molecule has 0 saturated carbocycles. The van der Waals surface area contributed by atoms with Crippen LogP contribution in [0.25, 0.3) is 22.6 Å². The number of amides is 1. The fourth-order valence-electron chi connectivity index (χ4n) is 3.39. The fraction of sp³-hybridized carbons (Fsp3) is 0.192. The lowest BCUT2D eigenvalue weighted by atomic mass is 10.0. The zero-order valence-electron chi connectivity index (χ0n) is 18.7. The van der Waals surface area contributed by atoms with Gasteiger partial charge in [0.25, 0.3) is 5.91 Å². The molecule has 168 valence electrons. The molecule has 0 spiro atoms. The maximum absolute atomic E-state index is 12.5. The van der Waals surface area contributed by atoms with Gasteiger partial charge in [0.05, 0.1) is 6.61 Å². The Morgan fingerprint density at radius 1 is 1.09 bits per heavy atom. The van der Waals surface area contributed by atoms with Gasteiger partial charge in [-0.1, -0.05) is 32.0 Å². The predicted octanol–water partition coefficient (Wildman–Crippen LogP) is 6.14. The number of fused-ring (bicyclic) bond motifs is 1. The van der Waals surface area contributed by atoms with Crippen molar-refractivity contribution < 1.29 is 13.9 Å². The number of carbonyl (C=O) groups is 1. The molecule has 6 nitrogen and oxygen atoms in total. The van der Waals surface area contributed by atoms with E-state index in [0.29, 0.717) is 35.4 Å². The molecule has 0 fully saturated rings. The SMILES string of the molecule is CCOc1cccc(C(=O)NC(=S)Nc2cccc(-c3nc4cc(C(C)C)ccc4o3)c2)c1. The Morgan fingerprint density at radius 3 is 2.70 bits per heavy atom. The highest BCUT2D eigenvalue weighted by Crippen LogP contribution is 2.28. The predicted molar refractivity (Wildman–Crippen MR) is 135 cm³/mol.